The lowest BCUT2D eigenvalue weighted by Crippen LogP contribution is -2.04. The van der Waals surface area contributed by atoms with Crippen LogP contribution in [0.15, 0.2) is 5.38 Å². The Bertz CT molecular complexity index is 298. The minimum Gasteiger partial charge on any atom is -0.469 e. The summed E-state index contributed by atoms with van der Waals surface area (Å²) in [5, 5.41) is 2.75. The van der Waals surface area contributed by atoms with Gasteiger partial charge in [-0.25, -0.2) is 4.98 Å². The van der Waals surface area contributed by atoms with Crippen LogP contribution in [0.4, 0.5) is 0 Å². The molecule has 1 rings (SSSR count). The van der Waals surface area contributed by atoms with Gasteiger partial charge in [-0.2, -0.15) is 0 Å². The topological polar surface area (TPSA) is 48.4 Å². The Balaban J connectivity index is 2.46. The van der Waals surface area contributed by atoms with Gasteiger partial charge >= 0.3 is 5.97 Å². The normalized spacial score (nSPS) is 10.1. The number of rotatable bonds is 5. The van der Waals surface area contributed by atoms with E-state index in [1.807, 2.05) is 12.3 Å². The Morgan fingerprint density at radius 2 is 2.43 bits per heavy atom. The Hall–Kier alpha value is -0.940. The second-order valence-electron chi connectivity index (χ2n) is 2.62. The lowest BCUT2D eigenvalue weighted by atomic mass is 10.3. The van der Waals surface area contributed by atoms with Crippen molar-refractivity contribution in [2.75, 3.05) is 13.7 Å². The zero-order chi connectivity index (χ0) is 10.4. The summed E-state index contributed by atoms with van der Waals surface area (Å²) in [7, 11) is 1.37. The molecule has 0 N–H and O–H groups in total. The summed E-state index contributed by atoms with van der Waals surface area (Å²) >= 11 is 1.50. The highest BCUT2D eigenvalue weighted by Crippen LogP contribution is 2.11. The van der Waals surface area contributed by atoms with Crippen LogP contribution in [0.25, 0.3) is 0 Å². The van der Waals surface area contributed by atoms with Crippen LogP contribution < -0.4 is 0 Å². The Labute approximate surface area is 86.9 Å². The van der Waals surface area contributed by atoms with Crippen molar-refractivity contribution in [3.8, 4) is 0 Å². The molecule has 1 heterocycles. The molecule has 78 valence electrons. The van der Waals surface area contributed by atoms with Crippen molar-refractivity contribution in [2.45, 2.75) is 20.0 Å². The minimum absolute atomic E-state index is 0.235. The van der Waals surface area contributed by atoms with Crippen LogP contribution in [-0.4, -0.2) is 24.7 Å². The molecule has 1 aromatic heterocycles. The molecule has 0 fully saturated rings. The van der Waals surface area contributed by atoms with Gasteiger partial charge in [-0.3, -0.25) is 4.79 Å². The largest absolute Gasteiger partial charge is 0.469 e. The van der Waals surface area contributed by atoms with Crippen molar-refractivity contribution < 1.29 is 14.3 Å². The first-order valence-corrected chi connectivity index (χ1v) is 5.22. The molecule has 0 amide bonds. The number of methoxy groups -OCH3 is 1. The Kier molecular flexibility index (Phi) is 4.55. The van der Waals surface area contributed by atoms with Crippen molar-refractivity contribution in [1.82, 2.24) is 4.98 Å². The third kappa shape index (κ3) is 3.43. The van der Waals surface area contributed by atoms with Crippen LogP contribution in [-0.2, 0) is 27.3 Å². The molecule has 4 nitrogen and oxygen atoms in total. The molecule has 0 aliphatic rings. The van der Waals surface area contributed by atoms with Crippen LogP contribution in [0.5, 0.6) is 0 Å². The maximum atomic E-state index is 10.9. The number of ether oxygens (including phenoxy) is 2. The van der Waals surface area contributed by atoms with E-state index in [2.05, 4.69) is 9.72 Å². The van der Waals surface area contributed by atoms with Crippen molar-refractivity contribution in [1.29, 1.82) is 0 Å². The maximum absolute atomic E-state index is 10.9. The van der Waals surface area contributed by atoms with E-state index in [0.29, 0.717) is 13.2 Å². The predicted molar refractivity (Wildman–Crippen MR) is 53.2 cm³/mol. The Morgan fingerprint density at radius 1 is 1.64 bits per heavy atom. The van der Waals surface area contributed by atoms with Crippen LogP contribution in [0.1, 0.15) is 17.6 Å². The van der Waals surface area contributed by atoms with E-state index in [1.165, 1.54) is 18.4 Å². The fourth-order valence-corrected chi connectivity index (χ4v) is 1.64. The summed E-state index contributed by atoms with van der Waals surface area (Å²) in [6.45, 7) is 3.12. The van der Waals surface area contributed by atoms with Gasteiger partial charge < -0.3 is 9.47 Å². The van der Waals surface area contributed by atoms with E-state index in [4.69, 9.17) is 4.74 Å². The highest BCUT2D eigenvalue weighted by molar-refractivity contribution is 7.09. The SMILES string of the molecule is CCOCc1nc(CC(=O)OC)cs1. The van der Waals surface area contributed by atoms with Crippen LogP contribution in [0.2, 0.25) is 0 Å². The fourth-order valence-electron chi connectivity index (χ4n) is 0.906. The van der Waals surface area contributed by atoms with E-state index < -0.39 is 0 Å². The molecule has 0 atom stereocenters. The molecule has 0 saturated carbocycles. The summed E-state index contributed by atoms with van der Waals surface area (Å²) in [6, 6.07) is 0. The summed E-state index contributed by atoms with van der Waals surface area (Å²) in [6.07, 6.45) is 0.235. The van der Waals surface area contributed by atoms with Crippen molar-refractivity contribution >= 4 is 17.3 Å². The third-order valence-corrected chi connectivity index (χ3v) is 2.45. The first kappa shape index (κ1) is 11.1. The van der Waals surface area contributed by atoms with Gasteiger partial charge in [0.2, 0.25) is 0 Å². The second kappa shape index (κ2) is 5.72. The van der Waals surface area contributed by atoms with Gasteiger partial charge in [0.1, 0.15) is 5.01 Å². The van der Waals surface area contributed by atoms with Crippen molar-refractivity contribution in [2.24, 2.45) is 0 Å². The zero-order valence-electron chi connectivity index (χ0n) is 8.28. The quantitative estimate of drug-likeness (QED) is 0.696. The van der Waals surface area contributed by atoms with Gasteiger partial charge in [0.05, 0.1) is 25.8 Å². The molecule has 0 aliphatic carbocycles. The number of thiazole rings is 1. The molecular weight excluding hydrogens is 202 g/mol. The zero-order valence-corrected chi connectivity index (χ0v) is 9.10. The van der Waals surface area contributed by atoms with E-state index in [9.17, 15) is 4.79 Å². The van der Waals surface area contributed by atoms with E-state index in [1.54, 1.807) is 0 Å². The number of nitrogens with zero attached hydrogens (tertiary/aromatic N) is 1. The molecule has 0 radical (unpaired) electrons. The second-order valence-corrected chi connectivity index (χ2v) is 3.57. The molecule has 0 aromatic carbocycles. The van der Waals surface area contributed by atoms with Crippen LogP contribution in [0.3, 0.4) is 0 Å². The molecular formula is C9H13NO3S. The molecule has 5 heteroatoms. The lowest BCUT2D eigenvalue weighted by Gasteiger charge is -1.95. The molecule has 1 aromatic rings. The standard InChI is InChI=1S/C9H13NO3S/c1-3-13-5-8-10-7(6-14-8)4-9(11)12-2/h6H,3-5H2,1-2H3. The van der Waals surface area contributed by atoms with Gasteiger partial charge in [0, 0.05) is 12.0 Å². The van der Waals surface area contributed by atoms with Crippen LogP contribution in [0, 0.1) is 0 Å². The van der Waals surface area contributed by atoms with E-state index in [-0.39, 0.29) is 12.4 Å². The first-order valence-electron chi connectivity index (χ1n) is 4.34. The molecule has 0 unspecified atom stereocenters. The summed E-state index contributed by atoms with van der Waals surface area (Å²) in [5.74, 6) is -0.266. The van der Waals surface area contributed by atoms with Gasteiger partial charge in [0.25, 0.3) is 0 Å². The monoisotopic (exact) mass is 215 g/mol. The van der Waals surface area contributed by atoms with Gasteiger partial charge in [0.15, 0.2) is 0 Å². The number of hydrogen-bond acceptors (Lipinski definition) is 5. The molecule has 0 saturated heterocycles. The summed E-state index contributed by atoms with van der Waals surface area (Å²) < 4.78 is 9.73. The van der Waals surface area contributed by atoms with Crippen molar-refractivity contribution in [3.05, 3.63) is 16.1 Å². The predicted octanol–water partition coefficient (Wildman–Crippen LogP) is 1.40. The Morgan fingerprint density at radius 3 is 3.07 bits per heavy atom. The average Bonchev–Trinajstić information content (AvgIpc) is 2.62. The smallest absolute Gasteiger partial charge is 0.311 e. The first-order chi connectivity index (χ1) is 6.76. The highest BCUT2D eigenvalue weighted by atomic mass is 32.1. The average molecular weight is 215 g/mol. The summed E-state index contributed by atoms with van der Waals surface area (Å²) in [5.41, 5.74) is 0.747. The lowest BCUT2D eigenvalue weighted by molar-refractivity contribution is -0.139. The number of carbonyl (C=O) groups is 1. The highest BCUT2D eigenvalue weighted by Gasteiger charge is 2.07. The maximum Gasteiger partial charge on any atom is 0.311 e. The summed E-state index contributed by atoms with van der Waals surface area (Å²) in [4.78, 5) is 15.1. The molecule has 0 bridgehead atoms. The fraction of sp³-hybridized carbons (Fsp3) is 0.556. The third-order valence-electron chi connectivity index (χ3n) is 1.58. The van der Waals surface area contributed by atoms with Gasteiger partial charge in [-0.05, 0) is 6.92 Å². The van der Waals surface area contributed by atoms with Gasteiger partial charge in [-0.1, -0.05) is 0 Å². The number of hydrogen-bond donors (Lipinski definition) is 0. The van der Waals surface area contributed by atoms with Crippen molar-refractivity contribution in [3.63, 3.8) is 0 Å². The van der Waals surface area contributed by atoms with E-state index in [0.717, 1.165) is 10.7 Å². The molecule has 0 spiro atoms. The number of aromatic nitrogens is 1. The van der Waals surface area contributed by atoms with E-state index >= 15 is 0 Å². The number of carbonyl (C=O) groups excluding carboxylic acids is 1. The molecule has 14 heavy (non-hydrogen) atoms. The van der Waals surface area contributed by atoms with Gasteiger partial charge in [-0.15, -0.1) is 11.3 Å². The number of esters is 1. The minimum atomic E-state index is -0.266. The van der Waals surface area contributed by atoms with Crippen LogP contribution >= 0.6 is 11.3 Å². The molecule has 0 aliphatic heterocycles.